The quantitative estimate of drug-likeness (QED) is 0.0515. The first-order chi connectivity index (χ1) is 42.2. The van der Waals surface area contributed by atoms with E-state index in [1.165, 1.54) is 41.0 Å². The van der Waals surface area contributed by atoms with Gasteiger partial charge in [-0.3, -0.25) is 28.8 Å². The highest BCUT2D eigenvalue weighted by Gasteiger charge is 2.56. The van der Waals surface area contributed by atoms with E-state index in [0.29, 0.717) is 5.56 Å². The summed E-state index contributed by atoms with van der Waals surface area (Å²) in [7, 11) is 3.60. The lowest BCUT2D eigenvalue weighted by atomic mass is 9.74. The Labute approximate surface area is 506 Å². The van der Waals surface area contributed by atoms with Crippen molar-refractivity contribution in [1.29, 1.82) is 0 Å². The third-order valence-corrected chi connectivity index (χ3v) is 15.7. The van der Waals surface area contributed by atoms with Crippen molar-refractivity contribution in [2.24, 2.45) is 0 Å². The van der Waals surface area contributed by atoms with Crippen LogP contribution >= 0.6 is 0 Å². The van der Waals surface area contributed by atoms with Crippen LogP contribution in [0.15, 0.2) is 54.6 Å². The van der Waals surface area contributed by atoms with Crippen LogP contribution in [0.1, 0.15) is 111 Å². The molecule has 8 N–H and O–H groups in total. The van der Waals surface area contributed by atoms with E-state index in [-0.39, 0.29) is 29.0 Å². The van der Waals surface area contributed by atoms with Crippen molar-refractivity contribution in [2.45, 2.75) is 146 Å². The lowest BCUT2D eigenvalue weighted by Crippen LogP contribution is -2.67. The number of likely N-dealkylation sites (N-methyl/N-ethyl adjacent to an activating group) is 1. The number of aryl methyl sites for hydroxylation is 1. The number of ether oxygens (including phenoxy) is 12. The minimum atomic E-state index is -2.17. The molecule has 0 bridgehead atoms. The number of amides is 2. The van der Waals surface area contributed by atoms with Gasteiger partial charge < -0.3 is 103 Å². The van der Waals surface area contributed by atoms with Crippen LogP contribution in [-0.4, -0.2) is 208 Å². The number of benzene rings is 4. The van der Waals surface area contributed by atoms with Crippen molar-refractivity contribution in [3.8, 4) is 34.1 Å². The van der Waals surface area contributed by atoms with Gasteiger partial charge in [0.1, 0.15) is 78.4 Å². The fourth-order valence-electron chi connectivity index (χ4n) is 11.6. The van der Waals surface area contributed by atoms with Crippen molar-refractivity contribution in [3.63, 3.8) is 0 Å². The molecule has 89 heavy (non-hydrogen) atoms. The molecule has 4 aromatic rings. The second-order valence-electron chi connectivity index (χ2n) is 21.7. The Morgan fingerprint density at radius 3 is 1.96 bits per heavy atom. The van der Waals surface area contributed by atoms with Gasteiger partial charge >= 0.3 is 30.0 Å². The highest BCUT2D eigenvalue weighted by molar-refractivity contribution is 6.31. The Balaban J connectivity index is 1.13. The van der Waals surface area contributed by atoms with Crippen LogP contribution in [0.2, 0.25) is 0 Å². The molecule has 0 spiro atoms. The Bertz CT molecular complexity index is 3450. The molecule has 0 saturated carbocycles. The second kappa shape index (κ2) is 26.4. The van der Waals surface area contributed by atoms with Crippen molar-refractivity contribution in [1.82, 2.24) is 10.2 Å². The van der Waals surface area contributed by atoms with Gasteiger partial charge in [0.2, 0.25) is 0 Å². The third-order valence-electron chi connectivity index (χ3n) is 15.7. The number of ketones is 2. The number of rotatable bonds is 16. The number of aliphatic hydroxyl groups is 4. The Morgan fingerprint density at radius 2 is 1.30 bits per heavy atom. The number of aromatic hydroxyl groups is 3. The largest absolute Gasteiger partial charge is 0.507 e. The number of nitrogens with zero attached hydrogens (tertiary/aromatic N) is 1. The number of nitrogens with one attached hydrogen (secondary N) is 1. The molecule has 478 valence electrons. The number of fused-ring (bicyclic) bond motifs is 5. The lowest BCUT2D eigenvalue weighted by Gasteiger charge is -2.50. The van der Waals surface area contributed by atoms with Gasteiger partial charge in [0, 0.05) is 56.1 Å². The number of carbonyl (C=O) groups is 8. The molecule has 3 saturated heterocycles. The summed E-state index contributed by atoms with van der Waals surface area (Å²) >= 11 is 0. The van der Waals surface area contributed by atoms with Crippen molar-refractivity contribution in [3.05, 3.63) is 105 Å². The number of phenolic OH excluding ortho intramolecular Hbond substituents is 3. The van der Waals surface area contributed by atoms with Crippen LogP contribution in [-0.2, 0) is 77.9 Å². The molecule has 5 aliphatic rings. The number of methoxy groups -OCH3 is 2. The van der Waals surface area contributed by atoms with Crippen LogP contribution < -0.4 is 10.1 Å². The first kappa shape index (κ1) is 65.1. The summed E-state index contributed by atoms with van der Waals surface area (Å²) in [6.45, 7) is 5.74. The van der Waals surface area contributed by atoms with Crippen LogP contribution in [0, 0.1) is 6.92 Å². The van der Waals surface area contributed by atoms with E-state index in [0.717, 1.165) is 51.0 Å². The van der Waals surface area contributed by atoms with Crippen LogP contribution in [0.3, 0.4) is 0 Å². The van der Waals surface area contributed by atoms with Gasteiger partial charge in [0.25, 0.3) is 5.91 Å². The van der Waals surface area contributed by atoms with E-state index < -0.39 is 215 Å². The topological polar surface area (TPSA) is 404 Å². The van der Waals surface area contributed by atoms with Crippen LogP contribution in [0.4, 0.5) is 4.79 Å². The number of hydrogen-bond donors (Lipinski definition) is 8. The van der Waals surface area contributed by atoms with Crippen LogP contribution in [0.25, 0.3) is 11.1 Å². The number of phenols is 3. The molecule has 4 aromatic carbocycles. The SMILES string of the molecule is COC(=O)[C@@H](C)NC(=O)c1c(C)cc2c(c1O)-c1c(cc3c(c1O)C(=O)c1cc(OC)cc(O)c1C3=O)[C@H](O)[C@H]2O[C@@H]1O[C@H](C)[C@H](N(C)C(=O)OCc2ccccc2)[C@H](O[C@@H]2OC[C@@H](O)[C@H](O)[C@H]2O[C@@H]2OC[C@@H](OC(C)=O)[C@H](OC(C)=O)[C@H]2OC(C)=O)[C@H]1O. The molecule has 29 heteroatoms. The molecule has 0 aromatic heterocycles. The third kappa shape index (κ3) is 12.7. The minimum absolute atomic E-state index is 0.0316. The monoisotopic (exact) mass is 1250 g/mol. The lowest BCUT2D eigenvalue weighted by molar-refractivity contribution is -0.370. The summed E-state index contributed by atoms with van der Waals surface area (Å²) in [5, 5.41) is 86.7. The standard InChI is InChI=1S/C60H66N2O27/c1-22-15-33-40(47(72)37(22)55(75)61-23(2)56(76)79-9)39-31(18-32-41(48(39)73)44(69)30-16-29(78-8)17-34(66)38(30)43(32)68)45(70)50(33)87-57-49(74)52(42(24(3)83-57)62(7)60(77)82-19-28-13-11-10-12-14-28)88-58-53(46(71)35(67)20-80-58)89-59-54(86-27(6)65)51(85-26(5)64)36(21-81-59)84-25(4)63/h10-18,23-24,35-36,42,45-46,49-54,57-59,66-67,70-74H,19-21H2,1-9H3,(H,61,75)/t23-,24-,35-,36-,42+,45+,46+,49-,50+,51+,52+,53-,54-,57+,58+,59+/m1/s1. The van der Waals surface area contributed by atoms with E-state index in [4.69, 9.17) is 56.8 Å². The number of esters is 4. The second-order valence-corrected chi connectivity index (χ2v) is 21.7. The van der Waals surface area contributed by atoms with Crippen molar-refractivity contribution >= 4 is 47.4 Å². The molecule has 0 unspecified atom stereocenters. The van der Waals surface area contributed by atoms with Crippen molar-refractivity contribution < 1.29 is 131 Å². The van der Waals surface area contributed by atoms with E-state index >= 15 is 0 Å². The molecule has 2 aliphatic carbocycles. The van der Waals surface area contributed by atoms with E-state index in [2.05, 4.69) is 5.32 Å². The predicted molar refractivity (Wildman–Crippen MR) is 296 cm³/mol. The summed E-state index contributed by atoms with van der Waals surface area (Å²) in [5.74, 6) is -9.18. The zero-order valence-electron chi connectivity index (χ0n) is 49.3. The molecule has 3 heterocycles. The number of carbonyl (C=O) groups excluding carboxylic acids is 8. The van der Waals surface area contributed by atoms with Gasteiger partial charge in [0.15, 0.2) is 48.7 Å². The maximum atomic E-state index is 14.5. The molecule has 29 nitrogen and oxygen atoms in total. The Morgan fingerprint density at radius 1 is 0.697 bits per heavy atom. The van der Waals surface area contributed by atoms with Gasteiger partial charge in [-0.25, -0.2) is 9.59 Å². The van der Waals surface area contributed by atoms with Crippen molar-refractivity contribution in [2.75, 3.05) is 34.5 Å². The average Bonchev–Trinajstić information content (AvgIpc) is 0.758. The number of hydrogen-bond acceptors (Lipinski definition) is 27. The average molecular weight is 1250 g/mol. The Hall–Kier alpha value is -8.36. The smallest absolute Gasteiger partial charge is 0.410 e. The zero-order chi connectivity index (χ0) is 64.8. The molecule has 0 radical (unpaired) electrons. The summed E-state index contributed by atoms with van der Waals surface area (Å²) < 4.78 is 69.5. The zero-order valence-corrected chi connectivity index (χ0v) is 49.3. The highest BCUT2D eigenvalue weighted by atomic mass is 16.8. The first-order valence-electron chi connectivity index (χ1n) is 27.9. The van der Waals surface area contributed by atoms with E-state index in [1.807, 2.05) is 0 Å². The normalized spacial score (nSPS) is 28.1. The van der Waals surface area contributed by atoms with Crippen LogP contribution in [0.5, 0.6) is 23.0 Å². The predicted octanol–water partition coefficient (Wildman–Crippen LogP) is 1.70. The molecule has 3 aliphatic heterocycles. The molecule has 3 fully saturated rings. The Kier molecular flexibility index (Phi) is 19.3. The van der Waals surface area contributed by atoms with Gasteiger partial charge in [-0.2, -0.15) is 0 Å². The molecular formula is C60H66N2O27. The van der Waals surface area contributed by atoms with Gasteiger partial charge in [-0.1, -0.05) is 36.4 Å². The maximum absolute atomic E-state index is 14.5. The summed E-state index contributed by atoms with van der Waals surface area (Å²) in [6.07, 6.45) is -26.3. The molecular weight excluding hydrogens is 1180 g/mol. The van der Waals surface area contributed by atoms with Gasteiger partial charge in [0.05, 0.1) is 56.3 Å². The fourth-order valence-corrected chi connectivity index (χ4v) is 11.6. The van der Waals surface area contributed by atoms with E-state index in [1.54, 1.807) is 30.3 Å². The summed E-state index contributed by atoms with van der Waals surface area (Å²) in [6, 6.07) is 10.4. The molecule has 16 atom stereocenters. The summed E-state index contributed by atoms with van der Waals surface area (Å²) in [4.78, 5) is 108. The minimum Gasteiger partial charge on any atom is -0.507 e. The fraction of sp³-hybridized carbons (Fsp3) is 0.467. The summed E-state index contributed by atoms with van der Waals surface area (Å²) in [5.41, 5.74) is -3.53. The highest BCUT2D eigenvalue weighted by Crippen LogP contribution is 2.57. The molecule has 9 rings (SSSR count). The van der Waals surface area contributed by atoms with Gasteiger partial charge in [-0.05, 0) is 55.2 Å². The van der Waals surface area contributed by atoms with E-state index in [9.17, 15) is 74.1 Å². The van der Waals surface area contributed by atoms with Gasteiger partial charge in [-0.15, -0.1) is 0 Å². The molecule has 2 amide bonds. The first-order valence-corrected chi connectivity index (χ1v) is 27.9. The maximum Gasteiger partial charge on any atom is 0.410 e. The number of aliphatic hydroxyl groups excluding tert-OH is 4.